The molecule has 1 saturated carbocycles. The normalized spacial score (nSPS) is 19.3. The molecule has 0 unspecified atom stereocenters. The van der Waals surface area contributed by atoms with E-state index in [1.165, 1.54) is 37.1 Å². The molecular formula is C8H12N2S. The molecule has 11 heavy (non-hydrogen) atoms. The number of nitrogens with zero attached hydrogens (tertiary/aromatic N) is 2. The summed E-state index contributed by atoms with van der Waals surface area (Å²) >= 11 is 1.69. The van der Waals surface area contributed by atoms with E-state index in [9.17, 15) is 0 Å². The van der Waals surface area contributed by atoms with Crippen molar-refractivity contribution in [2.75, 3.05) is 0 Å². The highest BCUT2D eigenvalue weighted by Gasteiger charge is 2.16. The van der Waals surface area contributed by atoms with Crippen LogP contribution in [0.1, 0.15) is 30.7 Å². The third-order valence-electron chi connectivity index (χ3n) is 2.34. The van der Waals surface area contributed by atoms with E-state index in [-0.39, 0.29) is 0 Å². The van der Waals surface area contributed by atoms with Gasteiger partial charge >= 0.3 is 0 Å². The van der Waals surface area contributed by atoms with E-state index in [2.05, 4.69) is 10.2 Å². The molecule has 3 heteroatoms. The van der Waals surface area contributed by atoms with Gasteiger partial charge in [-0.1, -0.05) is 25.7 Å². The Balaban J connectivity index is 1.90. The van der Waals surface area contributed by atoms with Gasteiger partial charge in [-0.3, -0.25) is 0 Å². The fraction of sp³-hybridized carbons (Fsp3) is 0.750. The van der Waals surface area contributed by atoms with Crippen molar-refractivity contribution in [2.24, 2.45) is 5.92 Å². The molecular weight excluding hydrogens is 156 g/mol. The fourth-order valence-electron chi connectivity index (χ4n) is 1.75. The van der Waals surface area contributed by atoms with Crippen molar-refractivity contribution in [3.05, 3.63) is 10.5 Å². The van der Waals surface area contributed by atoms with Crippen molar-refractivity contribution in [1.82, 2.24) is 10.2 Å². The second-order valence-corrected chi connectivity index (χ2v) is 4.10. The van der Waals surface area contributed by atoms with Gasteiger partial charge in [-0.2, -0.15) is 0 Å². The standard InChI is InChI=1S/C8H12N2S/c1-2-4-7(3-1)5-8-10-9-6-11-8/h6-7H,1-5H2. The quantitative estimate of drug-likeness (QED) is 0.677. The van der Waals surface area contributed by atoms with Gasteiger partial charge in [0, 0.05) is 6.42 Å². The first-order valence-corrected chi connectivity index (χ1v) is 5.08. The summed E-state index contributed by atoms with van der Waals surface area (Å²) < 4.78 is 0. The first-order chi connectivity index (χ1) is 5.45. The summed E-state index contributed by atoms with van der Waals surface area (Å²) in [6, 6.07) is 0. The molecule has 1 aliphatic carbocycles. The maximum Gasteiger partial charge on any atom is 0.117 e. The summed E-state index contributed by atoms with van der Waals surface area (Å²) in [5.74, 6) is 0.906. The highest BCUT2D eigenvalue weighted by atomic mass is 32.1. The van der Waals surface area contributed by atoms with Gasteiger partial charge < -0.3 is 0 Å². The van der Waals surface area contributed by atoms with Gasteiger partial charge in [-0.05, 0) is 5.92 Å². The minimum absolute atomic E-state index is 0.906. The van der Waals surface area contributed by atoms with Gasteiger partial charge in [0.25, 0.3) is 0 Å². The second-order valence-electron chi connectivity index (χ2n) is 3.19. The SMILES string of the molecule is c1nnc(CC2CCCC2)s1. The lowest BCUT2D eigenvalue weighted by Gasteiger charge is -2.03. The zero-order valence-electron chi connectivity index (χ0n) is 6.49. The molecule has 0 bridgehead atoms. The van der Waals surface area contributed by atoms with Gasteiger partial charge in [-0.15, -0.1) is 21.5 Å². The molecule has 1 aliphatic rings. The molecule has 0 atom stereocenters. The van der Waals surface area contributed by atoms with Gasteiger partial charge in [-0.25, -0.2) is 0 Å². The molecule has 0 aliphatic heterocycles. The number of hydrogen-bond acceptors (Lipinski definition) is 3. The van der Waals surface area contributed by atoms with E-state index < -0.39 is 0 Å². The van der Waals surface area contributed by atoms with E-state index in [4.69, 9.17) is 0 Å². The Morgan fingerprint density at radius 2 is 2.27 bits per heavy atom. The first-order valence-electron chi connectivity index (χ1n) is 4.20. The van der Waals surface area contributed by atoms with Crippen molar-refractivity contribution < 1.29 is 0 Å². The van der Waals surface area contributed by atoms with Crippen LogP contribution in [0, 0.1) is 5.92 Å². The first kappa shape index (κ1) is 7.22. The molecule has 0 radical (unpaired) electrons. The van der Waals surface area contributed by atoms with E-state index in [0.29, 0.717) is 0 Å². The third-order valence-corrected chi connectivity index (χ3v) is 3.06. The van der Waals surface area contributed by atoms with Crippen molar-refractivity contribution in [1.29, 1.82) is 0 Å². The Bertz CT molecular complexity index is 202. The van der Waals surface area contributed by atoms with Crippen LogP contribution in [0.25, 0.3) is 0 Å². The average molecular weight is 168 g/mol. The number of hydrogen-bond donors (Lipinski definition) is 0. The van der Waals surface area contributed by atoms with Crippen LogP contribution in [0.2, 0.25) is 0 Å². The van der Waals surface area contributed by atoms with Gasteiger partial charge in [0.05, 0.1) is 0 Å². The highest BCUT2D eigenvalue weighted by molar-refractivity contribution is 7.09. The minimum Gasteiger partial charge on any atom is -0.147 e. The van der Waals surface area contributed by atoms with E-state index >= 15 is 0 Å². The zero-order chi connectivity index (χ0) is 7.52. The van der Waals surface area contributed by atoms with Crippen molar-refractivity contribution in [3.63, 3.8) is 0 Å². The Labute approximate surface area is 70.7 Å². The number of aromatic nitrogens is 2. The van der Waals surface area contributed by atoms with Crippen molar-refractivity contribution in [2.45, 2.75) is 32.1 Å². The lowest BCUT2D eigenvalue weighted by atomic mass is 10.1. The second kappa shape index (κ2) is 3.30. The van der Waals surface area contributed by atoms with E-state index in [0.717, 1.165) is 5.92 Å². The van der Waals surface area contributed by atoms with Crippen LogP contribution in [0.4, 0.5) is 0 Å². The molecule has 2 nitrogen and oxygen atoms in total. The molecule has 1 aromatic rings. The third kappa shape index (κ3) is 1.77. The molecule has 0 saturated heterocycles. The predicted octanol–water partition coefficient (Wildman–Crippen LogP) is 2.27. The molecule has 0 aromatic carbocycles. The minimum atomic E-state index is 0.906. The largest absolute Gasteiger partial charge is 0.147 e. The van der Waals surface area contributed by atoms with Crippen LogP contribution >= 0.6 is 11.3 Å². The van der Waals surface area contributed by atoms with Crippen LogP contribution in [-0.2, 0) is 6.42 Å². The Morgan fingerprint density at radius 1 is 1.45 bits per heavy atom. The monoisotopic (exact) mass is 168 g/mol. The van der Waals surface area contributed by atoms with Crippen LogP contribution in [0.3, 0.4) is 0 Å². The summed E-state index contributed by atoms with van der Waals surface area (Å²) in [5, 5.41) is 9.10. The predicted molar refractivity (Wildman–Crippen MR) is 45.6 cm³/mol. The maximum absolute atomic E-state index is 4.05. The number of rotatable bonds is 2. The molecule has 60 valence electrons. The average Bonchev–Trinajstić information content (AvgIpc) is 2.60. The zero-order valence-corrected chi connectivity index (χ0v) is 7.31. The van der Waals surface area contributed by atoms with Gasteiger partial charge in [0.15, 0.2) is 0 Å². The molecule has 1 aromatic heterocycles. The van der Waals surface area contributed by atoms with Crippen LogP contribution in [0.15, 0.2) is 5.51 Å². The fourth-order valence-corrected chi connectivity index (χ4v) is 2.39. The van der Waals surface area contributed by atoms with Crippen LogP contribution in [0.5, 0.6) is 0 Å². The summed E-state index contributed by atoms with van der Waals surface area (Å²) in [5.41, 5.74) is 1.82. The van der Waals surface area contributed by atoms with Crippen molar-refractivity contribution >= 4 is 11.3 Å². The molecule has 2 rings (SSSR count). The van der Waals surface area contributed by atoms with Crippen molar-refractivity contribution in [3.8, 4) is 0 Å². The lowest BCUT2D eigenvalue weighted by molar-refractivity contribution is 0.542. The summed E-state index contributed by atoms with van der Waals surface area (Å²) in [7, 11) is 0. The van der Waals surface area contributed by atoms with Crippen LogP contribution in [-0.4, -0.2) is 10.2 Å². The van der Waals surface area contributed by atoms with E-state index in [1.54, 1.807) is 11.3 Å². The Hall–Kier alpha value is -0.440. The Morgan fingerprint density at radius 3 is 2.91 bits per heavy atom. The van der Waals surface area contributed by atoms with Gasteiger partial charge in [0.1, 0.15) is 10.5 Å². The maximum atomic E-state index is 4.05. The van der Waals surface area contributed by atoms with Gasteiger partial charge in [0.2, 0.25) is 0 Å². The summed E-state index contributed by atoms with van der Waals surface area (Å²) in [6.45, 7) is 0. The molecule has 1 fully saturated rings. The summed E-state index contributed by atoms with van der Waals surface area (Å²) in [4.78, 5) is 0. The summed E-state index contributed by atoms with van der Waals surface area (Å²) in [6.07, 6.45) is 6.82. The van der Waals surface area contributed by atoms with E-state index in [1.807, 2.05) is 5.51 Å². The topological polar surface area (TPSA) is 25.8 Å². The Kier molecular flexibility index (Phi) is 2.17. The van der Waals surface area contributed by atoms with Crippen LogP contribution < -0.4 is 0 Å². The lowest BCUT2D eigenvalue weighted by Crippen LogP contribution is -1.97. The highest BCUT2D eigenvalue weighted by Crippen LogP contribution is 2.27. The molecule has 0 N–H and O–H groups in total. The smallest absolute Gasteiger partial charge is 0.117 e. The molecule has 1 heterocycles. The molecule has 0 spiro atoms. The molecule has 0 amide bonds.